The highest BCUT2D eigenvalue weighted by Gasteiger charge is 2.43. The number of carbonyl (C=O) groups excluding carboxylic acids is 2. The van der Waals surface area contributed by atoms with Crippen molar-refractivity contribution in [1.82, 2.24) is 20.7 Å². The number of sulfonamides is 1. The molecule has 0 aromatic heterocycles. The summed E-state index contributed by atoms with van der Waals surface area (Å²) < 4.78 is 34.1. The van der Waals surface area contributed by atoms with Gasteiger partial charge in [0.2, 0.25) is 12.3 Å². The van der Waals surface area contributed by atoms with E-state index in [2.05, 4.69) is 20.7 Å². The largest absolute Gasteiger partial charge is 0.492 e. The summed E-state index contributed by atoms with van der Waals surface area (Å²) in [5.74, 6) is 0.0183. The Bertz CT molecular complexity index is 1030. The van der Waals surface area contributed by atoms with Gasteiger partial charge in [0.25, 0.3) is 10.0 Å². The molecular weight excluding hydrogens is 464 g/mol. The van der Waals surface area contributed by atoms with E-state index in [0.29, 0.717) is 24.9 Å². The van der Waals surface area contributed by atoms with Gasteiger partial charge in [0.05, 0.1) is 18.1 Å². The van der Waals surface area contributed by atoms with E-state index < -0.39 is 21.5 Å². The lowest BCUT2D eigenvalue weighted by Crippen LogP contribution is -2.39. The van der Waals surface area contributed by atoms with Crippen LogP contribution in [0, 0.1) is 5.41 Å². The molecule has 11 heteroatoms. The van der Waals surface area contributed by atoms with Crippen molar-refractivity contribution < 1.29 is 22.7 Å². The number of amides is 2. The fourth-order valence-electron chi connectivity index (χ4n) is 3.85. The Balaban J connectivity index is 2.48. The molecule has 1 aromatic carbocycles. The van der Waals surface area contributed by atoms with Crippen LogP contribution >= 0.6 is 12.2 Å². The standard InChI is InChI=1S/C22H32N4O5S2/c1-5-10-23-21(32)26-33(29,30)19-11-16(8-9-18(19)31-7-3)17(25-14-27)12-22(6-2)15(4)13-24-20(22)28/h8-9,11,13-14,17H,5-7,10,12H2,1-4H3,(H,24,28)(H,25,27)(H2,23,26,32). The fraction of sp³-hybridized carbons (Fsp3) is 0.500. The second-order valence-corrected chi connectivity index (χ2v) is 9.84. The summed E-state index contributed by atoms with van der Waals surface area (Å²) in [7, 11) is -4.07. The lowest BCUT2D eigenvalue weighted by molar-refractivity contribution is -0.128. The van der Waals surface area contributed by atoms with Gasteiger partial charge < -0.3 is 20.7 Å². The summed E-state index contributed by atoms with van der Waals surface area (Å²) in [4.78, 5) is 24.0. The third-order valence-electron chi connectivity index (χ3n) is 5.76. The zero-order valence-electron chi connectivity index (χ0n) is 19.4. The van der Waals surface area contributed by atoms with Gasteiger partial charge >= 0.3 is 0 Å². The van der Waals surface area contributed by atoms with Gasteiger partial charge in [0.1, 0.15) is 10.6 Å². The Hall–Kier alpha value is -2.66. The van der Waals surface area contributed by atoms with Gasteiger partial charge in [0, 0.05) is 12.7 Å². The molecule has 182 valence electrons. The molecule has 9 nitrogen and oxygen atoms in total. The van der Waals surface area contributed by atoms with Crippen molar-refractivity contribution in [3.05, 3.63) is 35.5 Å². The van der Waals surface area contributed by atoms with Crippen LogP contribution in [0.15, 0.2) is 34.9 Å². The predicted octanol–water partition coefficient (Wildman–Crippen LogP) is 2.26. The van der Waals surface area contributed by atoms with Crippen LogP contribution in [0.2, 0.25) is 0 Å². The number of hydrogen-bond acceptors (Lipinski definition) is 6. The summed E-state index contributed by atoms with van der Waals surface area (Å²) in [5, 5.41) is 8.30. The SMILES string of the molecule is CCCNC(=S)NS(=O)(=O)c1cc(C(CC2(CC)C(=O)NC=C2C)NC=O)ccc1OCC. The first-order valence-corrected chi connectivity index (χ1v) is 12.8. The lowest BCUT2D eigenvalue weighted by atomic mass is 9.73. The first-order valence-electron chi connectivity index (χ1n) is 10.9. The van der Waals surface area contributed by atoms with Crippen LogP contribution in [-0.4, -0.2) is 39.0 Å². The Morgan fingerprint density at radius 2 is 2.03 bits per heavy atom. The molecule has 33 heavy (non-hydrogen) atoms. The molecule has 1 aliphatic rings. The van der Waals surface area contributed by atoms with Gasteiger partial charge in [-0.05, 0) is 68.6 Å². The molecule has 0 radical (unpaired) electrons. The van der Waals surface area contributed by atoms with E-state index in [1.54, 1.807) is 25.3 Å². The number of hydrogen-bond donors (Lipinski definition) is 4. The monoisotopic (exact) mass is 496 g/mol. The van der Waals surface area contributed by atoms with E-state index >= 15 is 0 Å². The highest BCUT2D eigenvalue weighted by atomic mass is 32.2. The van der Waals surface area contributed by atoms with Crippen LogP contribution in [0.4, 0.5) is 0 Å². The van der Waals surface area contributed by atoms with E-state index in [1.807, 2.05) is 20.8 Å². The summed E-state index contributed by atoms with van der Waals surface area (Å²) in [6, 6.07) is 4.08. The van der Waals surface area contributed by atoms with Crippen molar-refractivity contribution >= 4 is 39.7 Å². The van der Waals surface area contributed by atoms with Gasteiger partial charge in [-0.1, -0.05) is 19.9 Å². The Morgan fingerprint density at radius 1 is 1.30 bits per heavy atom. The topological polar surface area (TPSA) is 126 Å². The van der Waals surface area contributed by atoms with Gasteiger partial charge in [-0.15, -0.1) is 0 Å². The van der Waals surface area contributed by atoms with Crippen LogP contribution in [-0.2, 0) is 19.6 Å². The molecule has 0 saturated carbocycles. The summed E-state index contributed by atoms with van der Waals surface area (Å²) in [6.45, 7) is 8.24. The van der Waals surface area contributed by atoms with E-state index in [0.717, 1.165) is 12.0 Å². The molecule has 1 aliphatic heterocycles. The molecule has 0 aliphatic carbocycles. The molecule has 0 fully saturated rings. The van der Waals surface area contributed by atoms with Crippen LogP contribution in [0.1, 0.15) is 58.6 Å². The minimum Gasteiger partial charge on any atom is -0.492 e. The van der Waals surface area contributed by atoms with Crippen molar-refractivity contribution in [2.45, 2.75) is 57.9 Å². The molecule has 2 amide bonds. The van der Waals surface area contributed by atoms with Gasteiger partial charge in [0.15, 0.2) is 5.11 Å². The molecule has 2 rings (SSSR count). The first kappa shape index (κ1) is 26.6. The molecule has 1 heterocycles. The number of rotatable bonds is 12. The molecular formula is C22H32N4O5S2. The molecule has 0 spiro atoms. The molecule has 2 unspecified atom stereocenters. The zero-order valence-corrected chi connectivity index (χ0v) is 21.0. The molecule has 1 aromatic rings. The van der Waals surface area contributed by atoms with Gasteiger partial charge in [-0.2, -0.15) is 0 Å². The van der Waals surface area contributed by atoms with Crippen molar-refractivity contribution in [3.8, 4) is 5.75 Å². The van der Waals surface area contributed by atoms with E-state index in [9.17, 15) is 18.0 Å². The third-order valence-corrected chi connectivity index (χ3v) is 7.50. The van der Waals surface area contributed by atoms with E-state index in [-0.39, 0.29) is 34.7 Å². The minimum atomic E-state index is -4.07. The maximum Gasteiger partial charge on any atom is 0.267 e. The first-order chi connectivity index (χ1) is 15.6. The summed E-state index contributed by atoms with van der Waals surface area (Å²) >= 11 is 5.10. The fourth-order valence-corrected chi connectivity index (χ4v) is 5.39. The molecule has 4 N–H and O–H groups in total. The van der Waals surface area contributed by atoms with Crippen molar-refractivity contribution in [3.63, 3.8) is 0 Å². The highest BCUT2D eigenvalue weighted by molar-refractivity contribution is 7.92. The third kappa shape index (κ3) is 6.02. The summed E-state index contributed by atoms with van der Waals surface area (Å²) in [6.07, 6.45) is 3.80. The zero-order chi connectivity index (χ0) is 24.6. The Kier molecular flexibility index (Phi) is 9.24. The van der Waals surface area contributed by atoms with Crippen molar-refractivity contribution in [1.29, 1.82) is 0 Å². The number of carbonyl (C=O) groups is 2. The number of thiocarbonyl (C=S) groups is 1. The van der Waals surface area contributed by atoms with Crippen LogP contribution in [0.5, 0.6) is 5.75 Å². The minimum absolute atomic E-state index is 0.0133. The second-order valence-electron chi connectivity index (χ2n) is 7.78. The predicted molar refractivity (Wildman–Crippen MR) is 130 cm³/mol. The summed E-state index contributed by atoms with van der Waals surface area (Å²) in [5.41, 5.74) is 0.585. The van der Waals surface area contributed by atoms with E-state index in [1.165, 1.54) is 6.07 Å². The highest BCUT2D eigenvalue weighted by Crippen LogP contribution is 2.43. The number of benzene rings is 1. The van der Waals surface area contributed by atoms with Crippen LogP contribution in [0.25, 0.3) is 0 Å². The number of ether oxygens (including phenoxy) is 1. The van der Waals surface area contributed by atoms with Crippen molar-refractivity contribution in [2.75, 3.05) is 13.2 Å². The van der Waals surface area contributed by atoms with E-state index in [4.69, 9.17) is 17.0 Å². The average Bonchev–Trinajstić information content (AvgIpc) is 3.06. The quantitative estimate of drug-likeness (QED) is 0.258. The Labute approximate surface area is 200 Å². The van der Waals surface area contributed by atoms with Crippen LogP contribution in [0.3, 0.4) is 0 Å². The lowest BCUT2D eigenvalue weighted by Gasteiger charge is -2.31. The maximum atomic E-state index is 13.1. The second kappa shape index (κ2) is 11.5. The number of nitrogens with one attached hydrogen (secondary N) is 4. The maximum absolute atomic E-state index is 13.1. The van der Waals surface area contributed by atoms with Crippen LogP contribution < -0.4 is 25.4 Å². The van der Waals surface area contributed by atoms with Gasteiger partial charge in [-0.3, -0.25) is 14.3 Å². The average molecular weight is 497 g/mol. The Morgan fingerprint density at radius 3 is 2.58 bits per heavy atom. The molecule has 0 saturated heterocycles. The normalized spacial score (nSPS) is 18.7. The molecule has 0 bridgehead atoms. The molecule has 2 atom stereocenters. The smallest absolute Gasteiger partial charge is 0.267 e. The van der Waals surface area contributed by atoms with Crippen molar-refractivity contribution in [2.24, 2.45) is 5.41 Å². The van der Waals surface area contributed by atoms with Gasteiger partial charge in [-0.25, -0.2) is 8.42 Å².